The van der Waals surface area contributed by atoms with Gasteiger partial charge in [0, 0.05) is 24.1 Å². The topological polar surface area (TPSA) is 48.0 Å². The van der Waals surface area contributed by atoms with Crippen molar-refractivity contribution in [2.24, 2.45) is 11.3 Å². The van der Waals surface area contributed by atoms with Crippen LogP contribution < -0.4 is 9.47 Å². The molecule has 1 saturated carbocycles. The first kappa shape index (κ1) is 20.7. The summed E-state index contributed by atoms with van der Waals surface area (Å²) in [7, 11) is 3.98. The molecule has 1 unspecified atom stereocenters. The van der Waals surface area contributed by atoms with Crippen molar-refractivity contribution >= 4 is 5.78 Å². The number of hydrogen-bond donors (Lipinski definition) is 0. The highest BCUT2D eigenvalue weighted by Crippen LogP contribution is 2.74. The molecule has 0 radical (unpaired) electrons. The number of likely N-dealkylation sites (tertiary alicyclic amines) is 1. The normalized spacial score (nSPS) is 38.4. The third-order valence-corrected chi connectivity index (χ3v) is 9.79. The lowest BCUT2D eigenvalue weighted by Gasteiger charge is -2.70. The number of methoxy groups -OCH3 is 1. The van der Waals surface area contributed by atoms with Gasteiger partial charge in [-0.05, 0) is 57.0 Å². The zero-order valence-electron chi connectivity index (χ0n) is 20.0. The molecular weight excluding hydrogens is 426 g/mol. The molecule has 6 aliphatic rings. The lowest BCUT2D eigenvalue weighted by Crippen LogP contribution is -2.79. The Morgan fingerprint density at radius 1 is 1.18 bits per heavy atom. The van der Waals surface area contributed by atoms with E-state index in [1.165, 1.54) is 11.1 Å². The van der Waals surface area contributed by atoms with Crippen LogP contribution in [-0.2, 0) is 28.0 Å². The van der Waals surface area contributed by atoms with E-state index < -0.39 is 5.60 Å². The van der Waals surface area contributed by atoms with Crippen molar-refractivity contribution in [3.63, 3.8) is 0 Å². The number of fused-ring (bicyclic) bond motifs is 1. The number of benzene rings is 2. The molecule has 1 saturated heterocycles. The van der Waals surface area contributed by atoms with Crippen LogP contribution in [0, 0.1) is 11.3 Å². The maximum Gasteiger partial charge on any atom is 0.166 e. The van der Waals surface area contributed by atoms with Crippen molar-refractivity contribution in [1.29, 1.82) is 0 Å². The highest BCUT2D eigenvalue weighted by molar-refractivity contribution is 5.82. The smallest absolute Gasteiger partial charge is 0.166 e. The van der Waals surface area contributed by atoms with Crippen LogP contribution in [0.5, 0.6) is 11.5 Å². The first-order valence-electron chi connectivity index (χ1n) is 12.4. The summed E-state index contributed by atoms with van der Waals surface area (Å²) < 4.78 is 19.6. The van der Waals surface area contributed by atoms with E-state index in [4.69, 9.17) is 14.2 Å². The third kappa shape index (κ3) is 2.21. The van der Waals surface area contributed by atoms with Crippen molar-refractivity contribution < 1.29 is 19.0 Å². The molecule has 2 aromatic rings. The van der Waals surface area contributed by atoms with Crippen LogP contribution in [0.2, 0.25) is 0 Å². The van der Waals surface area contributed by atoms with Gasteiger partial charge in [0.15, 0.2) is 11.5 Å². The fourth-order valence-corrected chi connectivity index (χ4v) is 8.35. The monoisotopic (exact) mass is 457 g/mol. The quantitative estimate of drug-likeness (QED) is 0.634. The van der Waals surface area contributed by atoms with Crippen LogP contribution in [0.1, 0.15) is 36.5 Å². The van der Waals surface area contributed by atoms with E-state index in [0.29, 0.717) is 12.6 Å². The number of ether oxygens (including phenoxy) is 3. The van der Waals surface area contributed by atoms with Crippen molar-refractivity contribution in [3.05, 3.63) is 71.3 Å². The molecule has 4 aliphatic carbocycles. The van der Waals surface area contributed by atoms with Gasteiger partial charge in [0.05, 0.1) is 11.3 Å². The Morgan fingerprint density at radius 3 is 2.76 bits per heavy atom. The fourth-order valence-electron chi connectivity index (χ4n) is 8.35. The van der Waals surface area contributed by atoms with E-state index in [2.05, 4.69) is 48.4 Å². The highest BCUT2D eigenvalue weighted by Gasteiger charge is 2.79. The van der Waals surface area contributed by atoms with E-state index in [0.717, 1.165) is 42.9 Å². The third-order valence-electron chi connectivity index (χ3n) is 9.79. The minimum Gasteiger partial charge on any atom is -0.485 e. The van der Waals surface area contributed by atoms with Crippen LogP contribution >= 0.6 is 0 Å². The predicted molar refractivity (Wildman–Crippen MR) is 128 cm³/mol. The molecule has 176 valence electrons. The van der Waals surface area contributed by atoms with Gasteiger partial charge in [-0.3, -0.25) is 4.79 Å². The second-order valence-corrected chi connectivity index (χ2v) is 10.9. The average Bonchev–Trinajstić information content (AvgIpc) is 3.23. The standard InChI is InChI=1S/C29H31NO4/c1-18(31)21-16-27-11-12-29(21,32-3)26-28(27)13-14-30(2)23(27)15-20-9-10-22(25(34-26)24(20)28)33-17-19-7-5-4-6-8-19/h4-12,21,23,26H,13-17H2,1-3H3/t21?,23-,26-,27-,28+,29-/m1/s1. The van der Waals surface area contributed by atoms with Gasteiger partial charge in [0.25, 0.3) is 0 Å². The van der Waals surface area contributed by atoms with E-state index in [9.17, 15) is 4.79 Å². The summed E-state index contributed by atoms with van der Waals surface area (Å²) in [5.41, 5.74) is 2.72. The number of carbonyl (C=O) groups is 1. The van der Waals surface area contributed by atoms with Gasteiger partial charge in [-0.1, -0.05) is 48.6 Å². The van der Waals surface area contributed by atoms with E-state index >= 15 is 0 Å². The molecular formula is C29H31NO4. The maximum absolute atomic E-state index is 13.0. The Kier molecular flexibility index (Phi) is 4.10. The Bertz CT molecular complexity index is 1220. The van der Waals surface area contributed by atoms with Crippen molar-refractivity contribution in [2.45, 2.75) is 56.0 Å². The van der Waals surface area contributed by atoms with Gasteiger partial charge in [-0.15, -0.1) is 0 Å². The molecule has 0 amide bonds. The Balaban J connectivity index is 1.42. The highest BCUT2D eigenvalue weighted by atomic mass is 16.6. The van der Waals surface area contributed by atoms with E-state index in [1.54, 1.807) is 14.0 Å². The minimum atomic E-state index is -0.752. The van der Waals surface area contributed by atoms with E-state index in [-0.39, 0.29) is 28.6 Å². The number of carbonyl (C=O) groups excluding carboxylic acids is 1. The Hall–Kier alpha value is -2.63. The van der Waals surface area contributed by atoms with Crippen molar-refractivity contribution in [2.75, 3.05) is 20.7 Å². The van der Waals surface area contributed by atoms with Crippen molar-refractivity contribution in [1.82, 2.24) is 4.90 Å². The van der Waals surface area contributed by atoms with Gasteiger partial charge in [-0.25, -0.2) is 0 Å². The number of likely N-dealkylation sites (N-methyl/N-ethyl adjacent to an activating group) is 1. The molecule has 4 bridgehead atoms. The Labute approximate surface area is 200 Å². The second kappa shape index (κ2) is 6.73. The van der Waals surface area contributed by atoms with Crippen molar-refractivity contribution in [3.8, 4) is 11.5 Å². The van der Waals surface area contributed by atoms with Gasteiger partial charge in [0.1, 0.15) is 24.1 Å². The lowest BCUT2D eigenvalue weighted by molar-refractivity contribution is -0.212. The SMILES string of the molecule is CO[C@]12C=C[C@@]3(CC1C(C)=O)[C@H]1Cc4ccc(OCc5ccccc5)c5c4[C@@]3(CCN1C)[C@H]2O5. The summed E-state index contributed by atoms with van der Waals surface area (Å²) in [5, 5.41) is 0. The molecule has 2 aromatic carbocycles. The number of nitrogens with zero attached hydrogens (tertiary/aromatic N) is 1. The summed E-state index contributed by atoms with van der Waals surface area (Å²) in [4.78, 5) is 15.5. The zero-order chi connectivity index (χ0) is 23.3. The van der Waals surface area contributed by atoms with Gasteiger partial charge < -0.3 is 19.1 Å². The first-order valence-corrected chi connectivity index (χ1v) is 12.4. The van der Waals surface area contributed by atoms with Gasteiger partial charge >= 0.3 is 0 Å². The number of rotatable bonds is 5. The second-order valence-electron chi connectivity index (χ2n) is 10.9. The predicted octanol–water partition coefficient (Wildman–Crippen LogP) is 4.07. The van der Waals surface area contributed by atoms with Crippen LogP contribution in [0.3, 0.4) is 0 Å². The summed E-state index contributed by atoms with van der Waals surface area (Å²) in [6.45, 7) is 3.22. The molecule has 0 N–H and O–H groups in total. The molecule has 8 rings (SSSR count). The van der Waals surface area contributed by atoms with Crippen LogP contribution in [-0.4, -0.2) is 49.1 Å². The number of ketones is 1. The largest absolute Gasteiger partial charge is 0.485 e. The Morgan fingerprint density at radius 2 is 2.00 bits per heavy atom. The van der Waals surface area contributed by atoms with E-state index in [1.807, 2.05) is 18.2 Å². The van der Waals surface area contributed by atoms with Gasteiger partial charge in [-0.2, -0.15) is 0 Å². The van der Waals surface area contributed by atoms with Gasteiger partial charge in [0.2, 0.25) is 0 Å². The molecule has 2 aliphatic heterocycles. The molecule has 0 aromatic heterocycles. The van der Waals surface area contributed by atoms with Crippen LogP contribution in [0.4, 0.5) is 0 Å². The van der Waals surface area contributed by atoms with Crippen LogP contribution in [0.25, 0.3) is 0 Å². The molecule has 2 spiro atoms. The molecule has 2 fully saturated rings. The number of hydrogen-bond acceptors (Lipinski definition) is 5. The van der Waals surface area contributed by atoms with Crippen LogP contribution in [0.15, 0.2) is 54.6 Å². The first-order chi connectivity index (χ1) is 16.5. The summed E-state index contributed by atoms with van der Waals surface area (Å²) in [5.74, 6) is 1.65. The lowest BCUT2D eigenvalue weighted by atomic mass is 9.37. The maximum atomic E-state index is 13.0. The molecule has 5 nitrogen and oxygen atoms in total. The summed E-state index contributed by atoms with van der Waals surface area (Å²) in [6, 6.07) is 14.9. The minimum absolute atomic E-state index is 0.141. The molecule has 34 heavy (non-hydrogen) atoms. The molecule has 5 heteroatoms. The number of piperidine rings is 1. The zero-order valence-corrected chi connectivity index (χ0v) is 20.0. The molecule has 6 atom stereocenters. The average molecular weight is 458 g/mol. The molecule has 2 heterocycles. The number of Topliss-reactive ketones (excluding diaryl/α,β-unsaturated/α-hetero) is 1. The summed E-state index contributed by atoms with van der Waals surface area (Å²) >= 11 is 0. The fraction of sp³-hybridized carbons (Fsp3) is 0.483. The summed E-state index contributed by atoms with van der Waals surface area (Å²) in [6.07, 6.45) is 7.13.